The van der Waals surface area contributed by atoms with Gasteiger partial charge in [-0.25, -0.2) is 0 Å². The lowest BCUT2D eigenvalue weighted by Crippen LogP contribution is -2.48. The summed E-state index contributed by atoms with van der Waals surface area (Å²) in [5.74, 6) is 0.999. The van der Waals surface area contributed by atoms with Gasteiger partial charge in [0.2, 0.25) is 0 Å². The molecule has 0 spiro atoms. The smallest absolute Gasteiger partial charge is 0.193 e. The summed E-state index contributed by atoms with van der Waals surface area (Å²) in [7, 11) is 3.60. The van der Waals surface area contributed by atoms with Crippen LogP contribution in [-0.4, -0.2) is 77.1 Å². The molecule has 0 aliphatic carbocycles. The molecule has 0 amide bonds. The molecule has 0 bridgehead atoms. The molecule has 0 unspecified atom stereocenters. The van der Waals surface area contributed by atoms with Crippen LogP contribution in [0.2, 0.25) is 0 Å². The highest BCUT2D eigenvalue weighted by molar-refractivity contribution is 5.80. The van der Waals surface area contributed by atoms with Gasteiger partial charge < -0.3 is 24.6 Å². The Balaban J connectivity index is 1.73. The molecule has 1 aliphatic heterocycles. The number of aryl methyl sites for hydroxylation is 1. The van der Waals surface area contributed by atoms with Crippen LogP contribution >= 0.6 is 0 Å². The molecule has 28 heavy (non-hydrogen) atoms. The first-order chi connectivity index (χ1) is 13.7. The second kappa shape index (κ2) is 12.6. The summed E-state index contributed by atoms with van der Waals surface area (Å²) >= 11 is 0. The van der Waals surface area contributed by atoms with Crippen LogP contribution in [0.25, 0.3) is 0 Å². The summed E-state index contributed by atoms with van der Waals surface area (Å²) in [5.41, 5.74) is 2.63. The van der Waals surface area contributed by atoms with E-state index in [1.165, 1.54) is 11.3 Å². The second-order valence-corrected chi connectivity index (χ2v) is 7.24. The highest BCUT2D eigenvalue weighted by Gasteiger charge is 2.21. The van der Waals surface area contributed by atoms with E-state index in [0.29, 0.717) is 6.10 Å². The van der Waals surface area contributed by atoms with Gasteiger partial charge in [-0.3, -0.25) is 4.99 Å². The van der Waals surface area contributed by atoms with Crippen LogP contribution in [-0.2, 0) is 9.47 Å². The standard InChI is InChI=1S/C22H38N4O2/c1-5-25(21-10-7-6-9-19(21)2)16-13-24-22(23-3)26-14-11-20(12-15-26)28-18-8-17-27-4/h6-7,9-10,20H,5,8,11-18H2,1-4H3,(H,23,24). The highest BCUT2D eigenvalue weighted by atomic mass is 16.5. The zero-order valence-corrected chi connectivity index (χ0v) is 18.1. The Morgan fingerprint density at radius 3 is 2.64 bits per heavy atom. The molecule has 1 heterocycles. The normalized spacial score (nSPS) is 15.7. The van der Waals surface area contributed by atoms with Crippen LogP contribution < -0.4 is 10.2 Å². The summed E-state index contributed by atoms with van der Waals surface area (Å²) in [5, 5.41) is 3.54. The predicted octanol–water partition coefficient (Wildman–Crippen LogP) is 2.91. The summed E-state index contributed by atoms with van der Waals surface area (Å²) < 4.78 is 11.0. The van der Waals surface area contributed by atoms with E-state index in [1.54, 1.807) is 7.11 Å². The van der Waals surface area contributed by atoms with Crippen molar-refractivity contribution in [3.8, 4) is 0 Å². The topological polar surface area (TPSA) is 49.3 Å². The van der Waals surface area contributed by atoms with Crippen molar-refractivity contribution >= 4 is 11.6 Å². The summed E-state index contributed by atoms with van der Waals surface area (Å²) in [6, 6.07) is 8.58. The lowest BCUT2D eigenvalue weighted by Gasteiger charge is -2.34. The first-order valence-electron chi connectivity index (χ1n) is 10.6. The number of likely N-dealkylation sites (N-methyl/N-ethyl adjacent to an activating group) is 1. The second-order valence-electron chi connectivity index (χ2n) is 7.24. The van der Waals surface area contributed by atoms with Crippen molar-refractivity contribution in [2.24, 2.45) is 4.99 Å². The monoisotopic (exact) mass is 390 g/mol. The Morgan fingerprint density at radius 1 is 1.25 bits per heavy atom. The van der Waals surface area contributed by atoms with Crippen LogP contribution in [0, 0.1) is 6.92 Å². The number of hydrogen-bond donors (Lipinski definition) is 1. The van der Waals surface area contributed by atoms with E-state index in [9.17, 15) is 0 Å². The van der Waals surface area contributed by atoms with Gasteiger partial charge in [0.1, 0.15) is 0 Å². The number of benzene rings is 1. The number of aliphatic imine (C=N–C) groups is 1. The highest BCUT2D eigenvalue weighted by Crippen LogP contribution is 2.18. The number of nitrogens with zero attached hydrogens (tertiary/aromatic N) is 3. The van der Waals surface area contributed by atoms with Gasteiger partial charge in [-0.15, -0.1) is 0 Å². The molecule has 1 aromatic carbocycles. The Hall–Kier alpha value is -1.79. The van der Waals surface area contributed by atoms with Gasteiger partial charge in [0.25, 0.3) is 0 Å². The van der Waals surface area contributed by atoms with Crippen molar-refractivity contribution in [2.75, 3.05) is 65.0 Å². The minimum absolute atomic E-state index is 0.364. The van der Waals surface area contributed by atoms with Crippen LogP contribution in [0.4, 0.5) is 5.69 Å². The number of rotatable bonds is 10. The first-order valence-corrected chi connectivity index (χ1v) is 10.6. The maximum absolute atomic E-state index is 5.96. The van der Waals surface area contributed by atoms with E-state index in [4.69, 9.17) is 9.47 Å². The molecule has 0 aromatic heterocycles. The molecular weight excluding hydrogens is 352 g/mol. The number of likely N-dealkylation sites (tertiary alicyclic amines) is 1. The maximum Gasteiger partial charge on any atom is 0.193 e. The maximum atomic E-state index is 5.96. The van der Waals surface area contributed by atoms with Crippen molar-refractivity contribution in [3.05, 3.63) is 29.8 Å². The Bertz CT molecular complexity index is 586. The van der Waals surface area contributed by atoms with E-state index >= 15 is 0 Å². The average molecular weight is 391 g/mol. The SMILES string of the molecule is CCN(CCNC(=NC)N1CCC(OCCCOC)CC1)c1ccccc1C. The minimum atomic E-state index is 0.364. The molecule has 1 fully saturated rings. The van der Waals surface area contributed by atoms with Gasteiger partial charge in [0.05, 0.1) is 6.10 Å². The summed E-state index contributed by atoms with van der Waals surface area (Å²) in [6.07, 6.45) is 3.44. The van der Waals surface area contributed by atoms with Gasteiger partial charge in [-0.05, 0) is 44.7 Å². The van der Waals surface area contributed by atoms with Crippen molar-refractivity contribution in [1.29, 1.82) is 0 Å². The summed E-state index contributed by atoms with van der Waals surface area (Å²) in [6.45, 7) is 10.8. The molecule has 6 nitrogen and oxygen atoms in total. The van der Waals surface area contributed by atoms with Gasteiger partial charge in [-0.2, -0.15) is 0 Å². The minimum Gasteiger partial charge on any atom is -0.385 e. The molecule has 2 rings (SSSR count). The van der Waals surface area contributed by atoms with Crippen LogP contribution in [0.3, 0.4) is 0 Å². The number of nitrogens with one attached hydrogen (secondary N) is 1. The van der Waals surface area contributed by atoms with E-state index in [2.05, 4.69) is 58.2 Å². The molecule has 6 heteroatoms. The van der Waals surface area contributed by atoms with E-state index in [-0.39, 0.29) is 0 Å². The average Bonchev–Trinajstić information content (AvgIpc) is 2.73. The van der Waals surface area contributed by atoms with E-state index in [1.807, 2.05) is 7.05 Å². The molecule has 158 valence electrons. The van der Waals surface area contributed by atoms with Crippen LogP contribution in [0.5, 0.6) is 0 Å². The van der Waals surface area contributed by atoms with Crippen molar-refractivity contribution < 1.29 is 9.47 Å². The largest absolute Gasteiger partial charge is 0.385 e. The van der Waals surface area contributed by atoms with Gasteiger partial charge in [0.15, 0.2) is 5.96 Å². The lowest BCUT2D eigenvalue weighted by atomic mass is 10.1. The van der Waals surface area contributed by atoms with E-state index < -0.39 is 0 Å². The third-order valence-corrected chi connectivity index (χ3v) is 5.30. The van der Waals surface area contributed by atoms with Crippen LogP contribution in [0.15, 0.2) is 29.3 Å². The first kappa shape index (κ1) is 22.5. The third kappa shape index (κ3) is 6.99. The van der Waals surface area contributed by atoms with E-state index in [0.717, 1.165) is 71.2 Å². The fourth-order valence-corrected chi connectivity index (χ4v) is 3.69. The fourth-order valence-electron chi connectivity index (χ4n) is 3.69. The number of para-hydroxylation sites is 1. The number of piperidine rings is 1. The zero-order chi connectivity index (χ0) is 20.2. The molecule has 0 radical (unpaired) electrons. The third-order valence-electron chi connectivity index (χ3n) is 5.30. The number of guanidine groups is 1. The number of ether oxygens (including phenoxy) is 2. The van der Waals surface area contributed by atoms with Gasteiger partial charge >= 0.3 is 0 Å². The molecule has 1 saturated heterocycles. The molecule has 1 aliphatic rings. The summed E-state index contributed by atoms with van der Waals surface area (Å²) in [4.78, 5) is 9.25. The zero-order valence-electron chi connectivity index (χ0n) is 18.1. The van der Waals surface area contributed by atoms with Crippen molar-refractivity contribution in [3.63, 3.8) is 0 Å². The molecule has 0 saturated carbocycles. The quantitative estimate of drug-likeness (QED) is 0.378. The Kier molecular flexibility index (Phi) is 10.1. The Labute approximate surface area is 170 Å². The lowest BCUT2D eigenvalue weighted by molar-refractivity contribution is 0.00992. The molecule has 1 aromatic rings. The van der Waals surface area contributed by atoms with Crippen molar-refractivity contribution in [2.45, 2.75) is 39.2 Å². The number of hydrogen-bond acceptors (Lipinski definition) is 4. The molecular formula is C22H38N4O2. The van der Waals surface area contributed by atoms with Gasteiger partial charge in [0, 0.05) is 65.8 Å². The number of methoxy groups -OCH3 is 1. The Morgan fingerprint density at radius 2 is 2.00 bits per heavy atom. The predicted molar refractivity (Wildman–Crippen MR) is 117 cm³/mol. The van der Waals surface area contributed by atoms with Crippen molar-refractivity contribution in [1.82, 2.24) is 10.2 Å². The molecule has 0 atom stereocenters. The molecule has 1 N–H and O–H groups in total. The number of anilines is 1. The van der Waals surface area contributed by atoms with Gasteiger partial charge in [-0.1, -0.05) is 18.2 Å². The van der Waals surface area contributed by atoms with Crippen LogP contribution in [0.1, 0.15) is 31.7 Å². The fraction of sp³-hybridized carbons (Fsp3) is 0.682.